The van der Waals surface area contributed by atoms with Gasteiger partial charge in [0.1, 0.15) is 5.75 Å². The Hall–Kier alpha value is -3.14. The van der Waals surface area contributed by atoms with Gasteiger partial charge in [0.15, 0.2) is 11.9 Å². The zero-order chi connectivity index (χ0) is 20.1. The van der Waals surface area contributed by atoms with Crippen LogP contribution in [0, 0.1) is 17.0 Å². The lowest BCUT2D eigenvalue weighted by molar-refractivity contribution is -0.389. The molecule has 0 bridgehead atoms. The second kappa shape index (κ2) is 8.49. The fourth-order valence-corrected chi connectivity index (χ4v) is 2.57. The summed E-state index contributed by atoms with van der Waals surface area (Å²) in [6, 6.07) is 5.11. The van der Waals surface area contributed by atoms with Crippen LogP contribution >= 0.6 is 11.6 Å². The normalized spacial score (nSPS) is 12.5. The summed E-state index contributed by atoms with van der Waals surface area (Å²) in [5.74, 6) is -0.823. The molecule has 0 saturated heterocycles. The van der Waals surface area contributed by atoms with Crippen molar-refractivity contribution in [3.8, 4) is 5.75 Å². The fourth-order valence-electron chi connectivity index (χ4n) is 2.40. The lowest BCUT2D eigenvalue weighted by Crippen LogP contribution is -2.23. The van der Waals surface area contributed by atoms with Gasteiger partial charge in [0, 0.05) is 5.02 Å². The van der Waals surface area contributed by atoms with E-state index in [2.05, 4.69) is 10.3 Å². The van der Waals surface area contributed by atoms with Gasteiger partial charge in [-0.05, 0) is 36.5 Å². The number of nitrogens with two attached hydrogens (primary N) is 1. The molecule has 0 amide bonds. The molecule has 0 radical (unpaired) electrons. The molecule has 0 aliphatic rings. The molecule has 0 saturated carbocycles. The maximum absolute atomic E-state index is 12.4. The Bertz CT molecular complexity index is 895. The first-order valence-electron chi connectivity index (χ1n) is 7.87. The van der Waals surface area contributed by atoms with Gasteiger partial charge >= 0.3 is 11.8 Å². The van der Waals surface area contributed by atoms with Crippen molar-refractivity contribution in [3.63, 3.8) is 0 Å². The third-order valence-corrected chi connectivity index (χ3v) is 3.96. The molecular weight excluding hydrogens is 378 g/mol. The third-order valence-electron chi connectivity index (χ3n) is 3.72. The van der Waals surface area contributed by atoms with Crippen molar-refractivity contribution < 1.29 is 19.3 Å². The van der Waals surface area contributed by atoms with E-state index in [4.69, 9.17) is 26.9 Å². The second-order valence-corrected chi connectivity index (χ2v) is 5.94. The van der Waals surface area contributed by atoms with Crippen LogP contribution in [0.5, 0.6) is 5.75 Å². The van der Waals surface area contributed by atoms with Crippen LogP contribution in [0.25, 0.3) is 0 Å². The summed E-state index contributed by atoms with van der Waals surface area (Å²) in [6.45, 7) is 3.32. The summed E-state index contributed by atoms with van der Waals surface area (Å²) < 4.78 is 6.40. The first-order chi connectivity index (χ1) is 12.8. The smallest absolute Gasteiger partial charge is 0.390 e. The van der Waals surface area contributed by atoms with E-state index in [0.29, 0.717) is 22.0 Å². The summed E-state index contributed by atoms with van der Waals surface area (Å²) >= 11 is 5.94. The molecule has 11 heteroatoms. The maximum Gasteiger partial charge on any atom is 0.390 e. The van der Waals surface area contributed by atoms with Gasteiger partial charge in [-0.15, -0.1) is 0 Å². The Morgan fingerprint density at radius 1 is 1.48 bits per heavy atom. The molecule has 2 N–H and O–H groups in total. The number of carbonyl (C=O) groups is 1. The number of halogens is 1. The number of nitrogens with zero attached hydrogens (tertiary/aromatic N) is 4. The first kappa shape index (κ1) is 20.2. The van der Waals surface area contributed by atoms with E-state index in [1.54, 1.807) is 26.0 Å². The number of methoxy groups -OCH3 is 1. The standard InChI is InChI=1S/C16H18ClN5O5/c1-4-12(21-9(2)7-14(19-21)22(24)25)16(23)27-20-15(18)11-8-10(17)5-6-13(11)26-3/h5-8,12H,4H2,1-3H3,(H2,18,20). The number of benzene rings is 1. The van der Waals surface area contributed by atoms with E-state index < -0.39 is 16.9 Å². The second-order valence-electron chi connectivity index (χ2n) is 5.50. The molecule has 2 aromatic rings. The SMILES string of the molecule is CCC(C(=O)O/N=C(\N)c1cc(Cl)ccc1OC)n1nc([N+](=O)[O-])cc1C. The van der Waals surface area contributed by atoms with Crippen LogP contribution < -0.4 is 10.5 Å². The molecule has 144 valence electrons. The Morgan fingerprint density at radius 3 is 2.74 bits per heavy atom. The molecule has 27 heavy (non-hydrogen) atoms. The highest BCUT2D eigenvalue weighted by molar-refractivity contribution is 6.31. The molecule has 0 aliphatic heterocycles. The molecular formula is C16H18ClN5O5. The highest BCUT2D eigenvalue weighted by atomic mass is 35.5. The molecule has 1 atom stereocenters. The number of aromatic nitrogens is 2. The van der Waals surface area contributed by atoms with E-state index >= 15 is 0 Å². The van der Waals surface area contributed by atoms with Crippen LogP contribution in [-0.2, 0) is 9.63 Å². The van der Waals surface area contributed by atoms with Gasteiger partial charge in [0.2, 0.25) is 0 Å². The van der Waals surface area contributed by atoms with Crippen LogP contribution in [-0.4, -0.2) is 33.6 Å². The summed E-state index contributed by atoms with van der Waals surface area (Å²) in [5.41, 5.74) is 6.67. The molecule has 0 aliphatic carbocycles. The van der Waals surface area contributed by atoms with E-state index in [0.717, 1.165) is 0 Å². The number of oxime groups is 1. The Labute approximate surface area is 159 Å². The van der Waals surface area contributed by atoms with Crippen LogP contribution in [0.3, 0.4) is 0 Å². The third kappa shape index (κ3) is 4.53. The van der Waals surface area contributed by atoms with Gasteiger partial charge in [-0.25, -0.2) is 4.79 Å². The van der Waals surface area contributed by atoms with Crippen LogP contribution in [0.4, 0.5) is 5.82 Å². The number of hydrogen-bond donors (Lipinski definition) is 1. The minimum atomic E-state index is -0.892. The predicted octanol–water partition coefficient (Wildman–Crippen LogP) is 2.58. The lowest BCUT2D eigenvalue weighted by atomic mass is 10.2. The van der Waals surface area contributed by atoms with Crippen molar-refractivity contribution in [2.75, 3.05) is 7.11 Å². The Balaban J connectivity index is 2.23. The number of ether oxygens (including phenoxy) is 1. The topological polar surface area (TPSA) is 135 Å². The maximum atomic E-state index is 12.4. The highest BCUT2D eigenvalue weighted by Crippen LogP contribution is 2.23. The number of rotatable bonds is 7. The van der Waals surface area contributed by atoms with Gasteiger partial charge < -0.3 is 25.4 Å². The van der Waals surface area contributed by atoms with Gasteiger partial charge in [0.05, 0.1) is 29.5 Å². The van der Waals surface area contributed by atoms with Gasteiger partial charge in [-0.1, -0.05) is 23.7 Å². The van der Waals surface area contributed by atoms with Crippen LogP contribution in [0.15, 0.2) is 29.4 Å². The molecule has 1 unspecified atom stereocenters. The van der Waals surface area contributed by atoms with Crippen molar-refractivity contribution in [1.29, 1.82) is 0 Å². The van der Waals surface area contributed by atoms with Crippen LogP contribution in [0.1, 0.15) is 30.6 Å². The number of aryl methyl sites for hydroxylation is 1. The number of amidine groups is 1. The van der Waals surface area contributed by atoms with E-state index in [9.17, 15) is 14.9 Å². The largest absolute Gasteiger partial charge is 0.496 e. The minimum absolute atomic E-state index is 0.110. The summed E-state index contributed by atoms with van der Waals surface area (Å²) in [7, 11) is 1.45. The van der Waals surface area contributed by atoms with Gasteiger partial charge in [-0.2, -0.15) is 4.68 Å². The van der Waals surface area contributed by atoms with Gasteiger partial charge in [-0.3, -0.25) is 0 Å². The van der Waals surface area contributed by atoms with Crippen molar-refractivity contribution in [3.05, 3.63) is 50.7 Å². The van der Waals surface area contributed by atoms with Crippen LogP contribution in [0.2, 0.25) is 5.02 Å². The summed E-state index contributed by atoms with van der Waals surface area (Å²) in [4.78, 5) is 27.5. The lowest BCUT2D eigenvalue weighted by Gasteiger charge is -2.11. The summed E-state index contributed by atoms with van der Waals surface area (Å²) in [6.07, 6.45) is 0.286. The molecule has 1 aromatic heterocycles. The fraction of sp³-hybridized carbons (Fsp3) is 0.312. The number of carbonyl (C=O) groups excluding carboxylic acids is 1. The molecule has 0 fully saturated rings. The first-order valence-corrected chi connectivity index (χ1v) is 8.25. The molecule has 0 spiro atoms. The highest BCUT2D eigenvalue weighted by Gasteiger charge is 2.28. The Kier molecular flexibility index (Phi) is 6.35. The van der Waals surface area contributed by atoms with Crippen molar-refractivity contribution in [1.82, 2.24) is 9.78 Å². The minimum Gasteiger partial charge on any atom is -0.496 e. The molecule has 1 aromatic carbocycles. The number of hydrogen-bond acceptors (Lipinski definition) is 7. The number of nitro groups is 1. The van der Waals surface area contributed by atoms with Crippen molar-refractivity contribution in [2.24, 2.45) is 10.9 Å². The van der Waals surface area contributed by atoms with E-state index in [-0.39, 0.29) is 18.1 Å². The van der Waals surface area contributed by atoms with Gasteiger partial charge in [0.25, 0.3) is 0 Å². The zero-order valence-electron chi connectivity index (χ0n) is 14.9. The molecule has 10 nitrogen and oxygen atoms in total. The Morgan fingerprint density at radius 2 is 2.19 bits per heavy atom. The molecule has 1 heterocycles. The molecule has 2 rings (SSSR count). The average Bonchev–Trinajstić information content (AvgIpc) is 3.02. The zero-order valence-corrected chi connectivity index (χ0v) is 15.6. The quantitative estimate of drug-likeness (QED) is 0.250. The van der Waals surface area contributed by atoms with Crippen molar-refractivity contribution in [2.45, 2.75) is 26.3 Å². The average molecular weight is 396 g/mol. The predicted molar refractivity (Wildman–Crippen MR) is 97.8 cm³/mol. The summed E-state index contributed by atoms with van der Waals surface area (Å²) in [5, 5.41) is 18.7. The van der Waals surface area contributed by atoms with E-state index in [1.165, 1.54) is 23.9 Å². The van der Waals surface area contributed by atoms with E-state index in [1.807, 2.05) is 0 Å². The monoisotopic (exact) mass is 395 g/mol. The van der Waals surface area contributed by atoms with Crippen molar-refractivity contribution >= 4 is 29.2 Å².